The Morgan fingerprint density at radius 3 is 2.33 bits per heavy atom. The highest BCUT2D eigenvalue weighted by atomic mass is 28.3. The first kappa shape index (κ1) is 9.18. The Balaban J connectivity index is 3.09. The standard InChI is InChI=1S/C7H18OSi/c1-4-6-7-9(5-2)8-3/h9H,4-7H2,1-3H3. The van der Waals surface area contributed by atoms with Crippen LogP contribution >= 0.6 is 0 Å². The van der Waals surface area contributed by atoms with Crippen LogP contribution in [-0.4, -0.2) is 16.2 Å². The molecule has 0 aromatic heterocycles. The highest BCUT2D eigenvalue weighted by Crippen LogP contribution is 2.04. The van der Waals surface area contributed by atoms with Gasteiger partial charge in [-0.1, -0.05) is 26.7 Å². The summed E-state index contributed by atoms with van der Waals surface area (Å²) in [6.45, 7) is 4.47. The first-order chi connectivity index (χ1) is 4.35. The molecule has 0 aromatic rings. The molecule has 56 valence electrons. The summed E-state index contributed by atoms with van der Waals surface area (Å²) < 4.78 is 5.34. The topological polar surface area (TPSA) is 9.23 Å². The molecule has 0 rings (SSSR count). The quantitative estimate of drug-likeness (QED) is 0.540. The van der Waals surface area contributed by atoms with Crippen LogP contribution in [0.2, 0.25) is 12.1 Å². The second-order valence-electron chi connectivity index (χ2n) is 2.41. The van der Waals surface area contributed by atoms with E-state index in [1.165, 1.54) is 24.9 Å². The number of hydrogen-bond acceptors (Lipinski definition) is 1. The van der Waals surface area contributed by atoms with E-state index < -0.39 is 9.04 Å². The summed E-state index contributed by atoms with van der Waals surface area (Å²) in [5, 5.41) is 0. The van der Waals surface area contributed by atoms with Crippen molar-refractivity contribution in [2.45, 2.75) is 38.8 Å². The zero-order chi connectivity index (χ0) is 7.11. The molecule has 0 saturated carbocycles. The van der Waals surface area contributed by atoms with Crippen LogP contribution in [0.4, 0.5) is 0 Å². The lowest BCUT2D eigenvalue weighted by molar-refractivity contribution is 0.417. The zero-order valence-electron chi connectivity index (χ0n) is 6.81. The summed E-state index contributed by atoms with van der Waals surface area (Å²) in [5.74, 6) is 0. The molecular formula is C7H18OSi. The molecule has 0 aliphatic rings. The van der Waals surface area contributed by atoms with Crippen LogP contribution in [0.3, 0.4) is 0 Å². The van der Waals surface area contributed by atoms with Crippen LogP contribution in [0, 0.1) is 0 Å². The normalized spacial score (nSPS) is 13.7. The van der Waals surface area contributed by atoms with Crippen molar-refractivity contribution in [1.29, 1.82) is 0 Å². The summed E-state index contributed by atoms with van der Waals surface area (Å²) in [5.41, 5.74) is 0. The second-order valence-corrected chi connectivity index (χ2v) is 5.52. The van der Waals surface area contributed by atoms with E-state index in [2.05, 4.69) is 13.8 Å². The molecule has 1 nitrogen and oxygen atoms in total. The molecule has 0 heterocycles. The van der Waals surface area contributed by atoms with Gasteiger partial charge in [-0.2, -0.15) is 0 Å². The molecule has 0 fully saturated rings. The minimum absolute atomic E-state index is 0.710. The summed E-state index contributed by atoms with van der Waals surface area (Å²) in [6.07, 6.45) is 2.67. The zero-order valence-corrected chi connectivity index (χ0v) is 7.97. The SMILES string of the molecule is CCCC[SiH](CC)OC. The average Bonchev–Trinajstić information content (AvgIpc) is 1.91. The van der Waals surface area contributed by atoms with Crippen molar-refractivity contribution in [3.8, 4) is 0 Å². The van der Waals surface area contributed by atoms with Gasteiger partial charge in [-0.3, -0.25) is 0 Å². The van der Waals surface area contributed by atoms with Crippen molar-refractivity contribution in [2.75, 3.05) is 7.11 Å². The first-order valence-corrected chi connectivity index (χ1v) is 5.98. The maximum Gasteiger partial charge on any atom is 0.176 e. The summed E-state index contributed by atoms with van der Waals surface area (Å²) in [4.78, 5) is 0. The van der Waals surface area contributed by atoms with Crippen molar-refractivity contribution >= 4 is 9.04 Å². The van der Waals surface area contributed by atoms with Gasteiger partial charge in [0.05, 0.1) is 0 Å². The second kappa shape index (κ2) is 6.30. The number of rotatable bonds is 5. The number of hydrogen-bond donors (Lipinski definition) is 0. The average molecular weight is 146 g/mol. The Kier molecular flexibility index (Phi) is 6.42. The van der Waals surface area contributed by atoms with Crippen LogP contribution in [-0.2, 0) is 4.43 Å². The fourth-order valence-electron chi connectivity index (χ4n) is 0.920. The Morgan fingerprint density at radius 1 is 1.33 bits per heavy atom. The van der Waals surface area contributed by atoms with Gasteiger partial charge in [0.1, 0.15) is 0 Å². The maximum atomic E-state index is 5.34. The molecule has 0 radical (unpaired) electrons. The Bertz CT molecular complexity index is 52.9. The van der Waals surface area contributed by atoms with E-state index in [9.17, 15) is 0 Å². The van der Waals surface area contributed by atoms with Gasteiger partial charge >= 0.3 is 0 Å². The smallest absolute Gasteiger partial charge is 0.176 e. The van der Waals surface area contributed by atoms with E-state index in [1.54, 1.807) is 0 Å². The highest BCUT2D eigenvalue weighted by molar-refractivity contribution is 6.51. The largest absolute Gasteiger partial charge is 0.423 e. The third kappa shape index (κ3) is 4.67. The molecular weight excluding hydrogens is 128 g/mol. The van der Waals surface area contributed by atoms with Crippen LogP contribution in [0.25, 0.3) is 0 Å². The van der Waals surface area contributed by atoms with Crippen LogP contribution < -0.4 is 0 Å². The third-order valence-electron chi connectivity index (χ3n) is 1.67. The van der Waals surface area contributed by atoms with Crippen LogP contribution in [0.15, 0.2) is 0 Å². The van der Waals surface area contributed by atoms with E-state index in [1.807, 2.05) is 7.11 Å². The molecule has 0 bridgehead atoms. The molecule has 0 spiro atoms. The van der Waals surface area contributed by atoms with E-state index in [4.69, 9.17) is 4.43 Å². The lowest BCUT2D eigenvalue weighted by Gasteiger charge is -2.08. The van der Waals surface area contributed by atoms with Gasteiger partial charge in [0.15, 0.2) is 9.04 Å². The maximum absolute atomic E-state index is 5.34. The fourth-order valence-corrected chi connectivity index (χ4v) is 2.76. The Hall–Kier alpha value is 0.177. The highest BCUT2D eigenvalue weighted by Gasteiger charge is 2.04. The summed E-state index contributed by atoms with van der Waals surface area (Å²) in [7, 11) is 1.15. The van der Waals surface area contributed by atoms with Gasteiger partial charge < -0.3 is 4.43 Å². The van der Waals surface area contributed by atoms with E-state index in [-0.39, 0.29) is 0 Å². The van der Waals surface area contributed by atoms with Gasteiger partial charge in [-0.15, -0.1) is 0 Å². The van der Waals surface area contributed by atoms with Crippen molar-refractivity contribution in [3.63, 3.8) is 0 Å². The molecule has 1 atom stereocenters. The molecule has 9 heavy (non-hydrogen) atoms. The van der Waals surface area contributed by atoms with E-state index in [0.717, 1.165) is 0 Å². The van der Waals surface area contributed by atoms with Gasteiger partial charge in [0.25, 0.3) is 0 Å². The molecule has 1 unspecified atom stereocenters. The van der Waals surface area contributed by atoms with Crippen molar-refractivity contribution in [2.24, 2.45) is 0 Å². The number of unbranched alkanes of at least 4 members (excludes halogenated alkanes) is 1. The van der Waals surface area contributed by atoms with Gasteiger partial charge in [-0.25, -0.2) is 0 Å². The van der Waals surface area contributed by atoms with Gasteiger partial charge in [-0.05, 0) is 12.1 Å². The molecule has 2 heteroatoms. The molecule has 0 N–H and O–H groups in total. The molecule has 0 amide bonds. The lowest BCUT2D eigenvalue weighted by Crippen LogP contribution is -2.12. The minimum Gasteiger partial charge on any atom is -0.423 e. The first-order valence-electron chi connectivity index (χ1n) is 3.87. The lowest BCUT2D eigenvalue weighted by atomic mass is 10.4. The predicted molar refractivity (Wildman–Crippen MR) is 44.4 cm³/mol. The summed E-state index contributed by atoms with van der Waals surface area (Å²) in [6, 6.07) is 2.65. The molecule has 0 aliphatic heterocycles. The molecule has 0 saturated heterocycles. The van der Waals surface area contributed by atoms with Crippen molar-refractivity contribution in [3.05, 3.63) is 0 Å². The van der Waals surface area contributed by atoms with Crippen molar-refractivity contribution < 1.29 is 4.43 Å². The monoisotopic (exact) mass is 146 g/mol. The fraction of sp³-hybridized carbons (Fsp3) is 1.00. The van der Waals surface area contributed by atoms with Crippen molar-refractivity contribution in [1.82, 2.24) is 0 Å². The predicted octanol–water partition coefficient (Wildman–Crippen LogP) is 2.18. The Labute approximate surface area is 60.1 Å². The van der Waals surface area contributed by atoms with E-state index >= 15 is 0 Å². The summed E-state index contributed by atoms with van der Waals surface area (Å²) >= 11 is 0. The molecule has 0 aliphatic carbocycles. The molecule has 0 aromatic carbocycles. The third-order valence-corrected chi connectivity index (χ3v) is 4.30. The van der Waals surface area contributed by atoms with Crippen LogP contribution in [0.1, 0.15) is 26.7 Å². The van der Waals surface area contributed by atoms with E-state index in [0.29, 0.717) is 0 Å². The minimum atomic E-state index is -0.710. The van der Waals surface area contributed by atoms with Gasteiger partial charge in [0, 0.05) is 7.11 Å². The van der Waals surface area contributed by atoms with Gasteiger partial charge in [0.2, 0.25) is 0 Å². The Morgan fingerprint density at radius 2 is 2.00 bits per heavy atom. The van der Waals surface area contributed by atoms with Crippen LogP contribution in [0.5, 0.6) is 0 Å².